The fourth-order valence-electron chi connectivity index (χ4n) is 4.77. The molecule has 0 unspecified atom stereocenters. The smallest absolute Gasteiger partial charge is 0.407 e. The lowest BCUT2D eigenvalue weighted by atomic mass is 9.81. The number of alkyl carbamates (subject to hydrolysis) is 1. The number of ether oxygens (including phenoxy) is 1. The largest absolute Gasteiger partial charge is 0.480 e. The molecule has 0 saturated heterocycles. The van der Waals surface area contributed by atoms with Gasteiger partial charge in [0.15, 0.2) is 0 Å². The van der Waals surface area contributed by atoms with Gasteiger partial charge in [0.05, 0.1) is 0 Å². The Balaban J connectivity index is 1.36. The van der Waals surface area contributed by atoms with E-state index in [-0.39, 0.29) is 12.5 Å². The number of aliphatic carboxylic acids is 1. The molecular formula is C25H28N2O5. The van der Waals surface area contributed by atoms with Gasteiger partial charge in [0, 0.05) is 5.92 Å². The summed E-state index contributed by atoms with van der Waals surface area (Å²) in [6.45, 7) is 1.67. The van der Waals surface area contributed by atoms with E-state index in [9.17, 15) is 19.5 Å². The fraction of sp³-hybridized carbons (Fsp3) is 0.400. The van der Waals surface area contributed by atoms with Crippen molar-refractivity contribution in [3.05, 3.63) is 59.7 Å². The minimum absolute atomic E-state index is 0.0743. The van der Waals surface area contributed by atoms with E-state index in [0.29, 0.717) is 12.8 Å². The zero-order chi connectivity index (χ0) is 22.7. The molecule has 7 heteroatoms. The number of hydrogen-bond donors (Lipinski definition) is 3. The van der Waals surface area contributed by atoms with Crippen molar-refractivity contribution in [1.29, 1.82) is 0 Å². The van der Waals surface area contributed by atoms with Gasteiger partial charge < -0.3 is 20.5 Å². The van der Waals surface area contributed by atoms with Crippen molar-refractivity contribution in [1.82, 2.24) is 10.6 Å². The Hall–Kier alpha value is -3.35. The molecule has 1 fully saturated rings. The number of carbonyl (C=O) groups is 3. The molecule has 0 heterocycles. The third-order valence-corrected chi connectivity index (χ3v) is 6.55. The molecule has 0 radical (unpaired) electrons. The van der Waals surface area contributed by atoms with E-state index in [1.165, 1.54) is 6.92 Å². The molecular weight excluding hydrogens is 408 g/mol. The summed E-state index contributed by atoms with van der Waals surface area (Å²) in [4.78, 5) is 36.8. The van der Waals surface area contributed by atoms with Gasteiger partial charge in [0.1, 0.15) is 18.2 Å². The lowest BCUT2D eigenvalue weighted by molar-refractivity contribution is -0.149. The van der Waals surface area contributed by atoms with Crippen LogP contribution in [0.2, 0.25) is 0 Å². The second-order valence-electron chi connectivity index (χ2n) is 8.63. The van der Waals surface area contributed by atoms with Crippen LogP contribution in [0.15, 0.2) is 48.5 Å². The molecule has 0 aromatic heterocycles. The van der Waals surface area contributed by atoms with Crippen molar-refractivity contribution < 1.29 is 24.2 Å². The molecule has 0 spiro atoms. The Bertz CT molecular complexity index is 983. The fourth-order valence-corrected chi connectivity index (χ4v) is 4.77. The average molecular weight is 437 g/mol. The number of rotatable bonds is 6. The van der Waals surface area contributed by atoms with Gasteiger partial charge >= 0.3 is 12.1 Å². The number of benzene rings is 2. The topological polar surface area (TPSA) is 105 Å². The number of amides is 2. The van der Waals surface area contributed by atoms with E-state index in [4.69, 9.17) is 4.74 Å². The first kappa shape index (κ1) is 21.9. The first-order chi connectivity index (χ1) is 15.4. The summed E-state index contributed by atoms with van der Waals surface area (Å²) in [6, 6.07) is 15.2. The first-order valence-corrected chi connectivity index (χ1v) is 11.1. The standard InChI is InChI=1S/C25H28N2O5/c1-16(22(28)27-25(23(29)30)13-7-2-8-14-25)26-24(31)32-15-21-19-11-5-3-9-17(19)18-10-4-6-12-20(18)21/h3-6,9-12,16,21H,2,7-8,13-15H2,1H3,(H,26,31)(H,27,28)(H,29,30)/t16-/m0/s1. The summed E-state index contributed by atoms with van der Waals surface area (Å²) < 4.78 is 5.48. The highest BCUT2D eigenvalue weighted by Gasteiger charge is 2.41. The summed E-state index contributed by atoms with van der Waals surface area (Å²) in [5.74, 6) is -1.63. The lowest BCUT2D eigenvalue weighted by Crippen LogP contribution is -2.59. The number of fused-ring (bicyclic) bond motifs is 3. The molecule has 2 amide bonds. The highest BCUT2D eigenvalue weighted by atomic mass is 16.5. The molecule has 168 valence electrons. The molecule has 7 nitrogen and oxygen atoms in total. The predicted molar refractivity (Wildman–Crippen MR) is 119 cm³/mol. The molecule has 2 aromatic rings. The lowest BCUT2D eigenvalue weighted by Gasteiger charge is -2.34. The van der Waals surface area contributed by atoms with Gasteiger partial charge in [-0.15, -0.1) is 0 Å². The van der Waals surface area contributed by atoms with E-state index in [0.717, 1.165) is 41.5 Å². The molecule has 32 heavy (non-hydrogen) atoms. The van der Waals surface area contributed by atoms with Gasteiger partial charge in [-0.2, -0.15) is 0 Å². The van der Waals surface area contributed by atoms with Crippen LogP contribution in [0.4, 0.5) is 4.79 Å². The second kappa shape index (κ2) is 9.02. The van der Waals surface area contributed by atoms with Crippen molar-refractivity contribution in [2.45, 2.75) is 56.5 Å². The van der Waals surface area contributed by atoms with Gasteiger partial charge in [0.25, 0.3) is 0 Å². The van der Waals surface area contributed by atoms with E-state index in [1.54, 1.807) is 0 Å². The molecule has 2 aliphatic carbocycles. The Labute approximate surface area is 187 Å². The van der Waals surface area contributed by atoms with E-state index >= 15 is 0 Å². The van der Waals surface area contributed by atoms with Crippen molar-refractivity contribution in [3.8, 4) is 11.1 Å². The Kier molecular flexibility index (Phi) is 6.17. The Morgan fingerprint density at radius 1 is 1.00 bits per heavy atom. The Morgan fingerprint density at radius 2 is 1.56 bits per heavy atom. The zero-order valence-corrected chi connectivity index (χ0v) is 18.1. The van der Waals surface area contributed by atoms with Gasteiger partial charge in [-0.3, -0.25) is 4.79 Å². The Morgan fingerprint density at radius 3 is 2.12 bits per heavy atom. The van der Waals surface area contributed by atoms with Gasteiger partial charge in [-0.25, -0.2) is 9.59 Å². The highest BCUT2D eigenvalue weighted by molar-refractivity contribution is 5.91. The molecule has 4 rings (SSSR count). The summed E-state index contributed by atoms with van der Waals surface area (Å²) >= 11 is 0. The van der Waals surface area contributed by atoms with Crippen LogP contribution in [0.25, 0.3) is 11.1 Å². The van der Waals surface area contributed by atoms with Crippen LogP contribution in [-0.4, -0.2) is 41.3 Å². The molecule has 3 N–H and O–H groups in total. The van der Waals surface area contributed by atoms with Gasteiger partial charge in [-0.05, 0) is 42.0 Å². The third kappa shape index (κ3) is 4.20. The van der Waals surface area contributed by atoms with E-state index in [2.05, 4.69) is 22.8 Å². The summed E-state index contributed by atoms with van der Waals surface area (Å²) in [5.41, 5.74) is 3.22. The molecule has 1 atom stereocenters. The average Bonchev–Trinajstić information content (AvgIpc) is 3.12. The third-order valence-electron chi connectivity index (χ3n) is 6.55. The van der Waals surface area contributed by atoms with Crippen LogP contribution < -0.4 is 10.6 Å². The quantitative estimate of drug-likeness (QED) is 0.639. The second-order valence-corrected chi connectivity index (χ2v) is 8.63. The van der Waals surface area contributed by atoms with Crippen LogP contribution in [0.5, 0.6) is 0 Å². The first-order valence-electron chi connectivity index (χ1n) is 11.1. The molecule has 2 aromatic carbocycles. The van der Waals surface area contributed by atoms with Crippen molar-refractivity contribution in [3.63, 3.8) is 0 Å². The van der Waals surface area contributed by atoms with Gasteiger partial charge in [-0.1, -0.05) is 67.8 Å². The number of hydrogen-bond acceptors (Lipinski definition) is 4. The SMILES string of the molecule is C[C@H](NC(=O)OCC1c2ccccc2-c2ccccc21)C(=O)NC1(C(=O)O)CCCCC1. The van der Waals surface area contributed by atoms with Crippen LogP contribution in [0, 0.1) is 0 Å². The minimum atomic E-state index is -1.26. The number of carboxylic acids is 1. The van der Waals surface area contributed by atoms with Gasteiger partial charge in [0.2, 0.25) is 5.91 Å². The normalized spacial score (nSPS) is 17.5. The number of nitrogens with one attached hydrogen (secondary N) is 2. The van der Waals surface area contributed by atoms with Crippen molar-refractivity contribution in [2.75, 3.05) is 6.61 Å². The minimum Gasteiger partial charge on any atom is -0.480 e. The maximum absolute atomic E-state index is 12.6. The highest BCUT2D eigenvalue weighted by Crippen LogP contribution is 2.44. The maximum Gasteiger partial charge on any atom is 0.407 e. The summed E-state index contributed by atoms with van der Waals surface area (Å²) in [7, 11) is 0. The number of carboxylic acid groups (broad SMARTS) is 1. The zero-order valence-electron chi connectivity index (χ0n) is 18.1. The summed E-state index contributed by atoms with van der Waals surface area (Å²) in [6.07, 6.45) is 2.54. The molecule has 0 bridgehead atoms. The van der Waals surface area contributed by atoms with Crippen LogP contribution >= 0.6 is 0 Å². The predicted octanol–water partition coefficient (Wildman–Crippen LogP) is 3.82. The maximum atomic E-state index is 12.6. The van der Waals surface area contributed by atoms with E-state index < -0.39 is 29.6 Å². The van der Waals surface area contributed by atoms with Crippen LogP contribution in [0.3, 0.4) is 0 Å². The number of carbonyl (C=O) groups excluding carboxylic acids is 2. The van der Waals surface area contributed by atoms with Crippen LogP contribution in [-0.2, 0) is 14.3 Å². The monoisotopic (exact) mass is 436 g/mol. The molecule has 1 saturated carbocycles. The molecule has 2 aliphatic rings. The van der Waals surface area contributed by atoms with E-state index in [1.807, 2.05) is 36.4 Å². The van der Waals surface area contributed by atoms with Crippen molar-refractivity contribution >= 4 is 18.0 Å². The summed E-state index contributed by atoms with van der Waals surface area (Å²) in [5, 5.41) is 14.8. The van der Waals surface area contributed by atoms with Crippen LogP contribution in [0.1, 0.15) is 56.1 Å². The van der Waals surface area contributed by atoms with Crippen molar-refractivity contribution in [2.24, 2.45) is 0 Å². The molecule has 0 aliphatic heterocycles.